The monoisotopic (exact) mass is 326 g/mol. The molecular weight excluding hydrogens is 304 g/mol. The highest BCUT2D eigenvalue weighted by molar-refractivity contribution is 6.04. The SMILES string of the molecule is Cn1nc(C(=O)NC2CC3CCCC(C2)N3C=O)c2ccccc21. The van der Waals surface area contributed by atoms with E-state index in [1.807, 2.05) is 36.2 Å². The van der Waals surface area contributed by atoms with Crippen molar-refractivity contribution < 1.29 is 9.59 Å². The van der Waals surface area contributed by atoms with Crippen LogP contribution >= 0.6 is 0 Å². The molecule has 0 radical (unpaired) electrons. The third kappa shape index (κ3) is 2.46. The number of carbonyl (C=O) groups is 2. The maximum absolute atomic E-state index is 12.7. The summed E-state index contributed by atoms with van der Waals surface area (Å²) in [4.78, 5) is 26.0. The van der Waals surface area contributed by atoms with Crippen molar-refractivity contribution in [2.75, 3.05) is 0 Å². The first-order valence-electron chi connectivity index (χ1n) is 8.62. The van der Waals surface area contributed by atoms with Crippen molar-refractivity contribution in [1.29, 1.82) is 0 Å². The number of aryl methyl sites for hydroxylation is 1. The molecule has 2 bridgehead atoms. The lowest BCUT2D eigenvalue weighted by atomic mass is 9.82. The van der Waals surface area contributed by atoms with Crippen LogP contribution in [0.3, 0.4) is 0 Å². The fourth-order valence-corrected chi connectivity index (χ4v) is 4.34. The molecule has 6 heteroatoms. The summed E-state index contributed by atoms with van der Waals surface area (Å²) in [7, 11) is 1.85. The molecular formula is C18H22N4O2. The number of carbonyl (C=O) groups excluding carboxylic acids is 2. The number of para-hydroxylation sites is 1. The molecule has 1 aromatic carbocycles. The number of hydrogen-bond donors (Lipinski definition) is 1. The van der Waals surface area contributed by atoms with Crippen LogP contribution in [0.25, 0.3) is 10.9 Å². The Morgan fingerprint density at radius 1 is 1.25 bits per heavy atom. The fourth-order valence-electron chi connectivity index (χ4n) is 4.34. The molecule has 2 atom stereocenters. The highest BCUT2D eigenvalue weighted by atomic mass is 16.2. The van der Waals surface area contributed by atoms with E-state index in [1.54, 1.807) is 4.68 Å². The van der Waals surface area contributed by atoms with Crippen LogP contribution in [0.5, 0.6) is 0 Å². The zero-order valence-corrected chi connectivity index (χ0v) is 13.8. The largest absolute Gasteiger partial charge is 0.348 e. The molecule has 1 N–H and O–H groups in total. The molecule has 126 valence electrons. The Morgan fingerprint density at radius 2 is 1.96 bits per heavy atom. The normalized spacial score (nSPS) is 26.4. The van der Waals surface area contributed by atoms with Gasteiger partial charge in [-0.1, -0.05) is 18.2 Å². The average Bonchev–Trinajstić information content (AvgIpc) is 2.91. The predicted octanol–water partition coefficient (Wildman–Crippen LogP) is 1.84. The summed E-state index contributed by atoms with van der Waals surface area (Å²) in [5.74, 6) is -0.116. The third-order valence-electron chi connectivity index (χ3n) is 5.46. The highest BCUT2D eigenvalue weighted by Crippen LogP contribution is 2.33. The Bertz CT molecular complexity index is 770. The molecule has 2 amide bonds. The van der Waals surface area contributed by atoms with Gasteiger partial charge in [0.25, 0.3) is 5.91 Å². The minimum atomic E-state index is -0.116. The Kier molecular flexibility index (Phi) is 3.75. The lowest BCUT2D eigenvalue weighted by Crippen LogP contribution is -2.56. The molecule has 2 aliphatic rings. The van der Waals surface area contributed by atoms with Crippen molar-refractivity contribution in [3.8, 4) is 0 Å². The van der Waals surface area contributed by atoms with Crippen LogP contribution in [0, 0.1) is 0 Å². The number of rotatable bonds is 3. The van der Waals surface area contributed by atoms with Crippen LogP contribution in [-0.4, -0.2) is 45.1 Å². The van der Waals surface area contributed by atoms with Gasteiger partial charge in [-0.15, -0.1) is 0 Å². The summed E-state index contributed by atoms with van der Waals surface area (Å²) in [5, 5.41) is 8.43. The lowest BCUT2D eigenvalue weighted by Gasteiger charge is -2.47. The predicted molar refractivity (Wildman–Crippen MR) is 90.5 cm³/mol. The minimum Gasteiger partial charge on any atom is -0.348 e. The third-order valence-corrected chi connectivity index (χ3v) is 5.46. The van der Waals surface area contributed by atoms with E-state index >= 15 is 0 Å². The van der Waals surface area contributed by atoms with Crippen LogP contribution in [0.2, 0.25) is 0 Å². The van der Waals surface area contributed by atoms with E-state index in [9.17, 15) is 9.59 Å². The average molecular weight is 326 g/mol. The Morgan fingerprint density at radius 3 is 2.67 bits per heavy atom. The van der Waals surface area contributed by atoms with Crippen molar-refractivity contribution in [3.63, 3.8) is 0 Å². The number of aromatic nitrogens is 2. The van der Waals surface area contributed by atoms with E-state index in [-0.39, 0.29) is 24.0 Å². The number of fused-ring (bicyclic) bond motifs is 3. The molecule has 2 fully saturated rings. The maximum atomic E-state index is 12.7. The van der Waals surface area contributed by atoms with Crippen molar-refractivity contribution in [2.45, 2.75) is 50.2 Å². The number of hydrogen-bond acceptors (Lipinski definition) is 3. The zero-order valence-electron chi connectivity index (χ0n) is 13.8. The van der Waals surface area contributed by atoms with Crippen molar-refractivity contribution in [1.82, 2.24) is 20.0 Å². The van der Waals surface area contributed by atoms with Crippen LogP contribution in [-0.2, 0) is 11.8 Å². The molecule has 6 nitrogen and oxygen atoms in total. The number of benzene rings is 1. The second kappa shape index (κ2) is 5.92. The standard InChI is InChI=1S/C18H22N4O2/c1-21-16-8-3-2-7-15(16)17(20-21)18(24)19-12-9-13-5-4-6-14(10-12)22(13)11-23/h2-3,7-8,11-14H,4-6,9-10H2,1H3,(H,19,24). The fraction of sp³-hybridized carbons (Fsp3) is 0.500. The van der Waals surface area contributed by atoms with E-state index in [0.717, 1.165) is 43.0 Å². The highest BCUT2D eigenvalue weighted by Gasteiger charge is 2.38. The van der Waals surface area contributed by atoms with E-state index in [2.05, 4.69) is 10.4 Å². The van der Waals surface area contributed by atoms with Gasteiger partial charge in [-0.25, -0.2) is 0 Å². The molecule has 2 saturated heterocycles. The molecule has 0 aliphatic carbocycles. The zero-order chi connectivity index (χ0) is 16.7. The summed E-state index contributed by atoms with van der Waals surface area (Å²) < 4.78 is 1.74. The quantitative estimate of drug-likeness (QED) is 0.875. The molecule has 24 heavy (non-hydrogen) atoms. The molecule has 2 aliphatic heterocycles. The molecule has 4 rings (SSSR count). The summed E-state index contributed by atoms with van der Waals surface area (Å²) in [5.41, 5.74) is 1.44. The van der Waals surface area contributed by atoms with E-state index in [1.165, 1.54) is 6.42 Å². The minimum absolute atomic E-state index is 0.116. The maximum Gasteiger partial charge on any atom is 0.272 e. The van der Waals surface area contributed by atoms with E-state index in [0.29, 0.717) is 5.69 Å². The van der Waals surface area contributed by atoms with Gasteiger partial charge in [0.1, 0.15) is 0 Å². The van der Waals surface area contributed by atoms with Gasteiger partial charge in [0.05, 0.1) is 5.52 Å². The van der Waals surface area contributed by atoms with Gasteiger partial charge in [0, 0.05) is 30.6 Å². The summed E-state index contributed by atoms with van der Waals surface area (Å²) >= 11 is 0. The topological polar surface area (TPSA) is 67.2 Å². The summed E-state index contributed by atoms with van der Waals surface area (Å²) in [6.45, 7) is 0. The lowest BCUT2D eigenvalue weighted by molar-refractivity contribution is -0.127. The van der Waals surface area contributed by atoms with E-state index < -0.39 is 0 Å². The molecule has 0 saturated carbocycles. The first-order chi connectivity index (χ1) is 11.7. The molecule has 0 spiro atoms. The molecule has 2 aromatic rings. The number of nitrogens with zero attached hydrogens (tertiary/aromatic N) is 3. The summed E-state index contributed by atoms with van der Waals surface area (Å²) in [6, 6.07) is 8.41. The van der Waals surface area contributed by atoms with Gasteiger partial charge in [0.15, 0.2) is 5.69 Å². The molecule has 3 heterocycles. The van der Waals surface area contributed by atoms with Crippen molar-refractivity contribution in [3.05, 3.63) is 30.0 Å². The number of piperidine rings is 2. The first kappa shape index (κ1) is 15.2. The van der Waals surface area contributed by atoms with Crippen LogP contribution in [0.4, 0.5) is 0 Å². The molecule has 1 aromatic heterocycles. The Hall–Kier alpha value is -2.37. The Labute approximate surface area is 140 Å². The van der Waals surface area contributed by atoms with Crippen LogP contribution in [0.1, 0.15) is 42.6 Å². The second-order valence-corrected chi connectivity index (χ2v) is 6.92. The van der Waals surface area contributed by atoms with Gasteiger partial charge in [-0.05, 0) is 38.2 Å². The number of amides is 2. The van der Waals surface area contributed by atoms with Crippen LogP contribution < -0.4 is 5.32 Å². The Balaban J connectivity index is 1.53. The van der Waals surface area contributed by atoms with Gasteiger partial charge in [-0.3, -0.25) is 14.3 Å². The van der Waals surface area contributed by atoms with Crippen LogP contribution in [0.15, 0.2) is 24.3 Å². The number of nitrogens with one attached hydrogen (secondary N) is 1. The summed E-state index contributed by atoms with van der Waals surface area (Å²) in [6.07, 6.45) is 5.91. The van der Waals surface area contributed by atoms with Gasteiger partial charge >= 0.3 is 0 Å². The van der Waals surface area contributed by atoms with Crippen molar-refractivity contribution in [2.24, 2.45) is 7.05 Å². The van der Waals surface area contributed by atoms with Crippen molar-refractivity contribution >= 4 is 23.2 Å². The van der Waals surface area contributed by atoms with E-state index in [4.69, 9.17) is 0 Å². The van der Waals surface area contributed by atoms with Gasteiger partial charge in [0.2, 0.25) is 6.41 Å². The second-order valence-electron chi connectivity index (χ2n) is 6.92. The van der Waals surface area contributed by atoms with Gasteiger partial charge < -0.3 is 10.2 Å². The molecule has 2 unspecified atom stereocenters. The smallest absolute Gasteiger partial charge is 0.272 e. The first-order valence-corrected chi connectivity index (χ1v) is 8.62. The van der Waals surface area contributed by atoms with Gasteiger partial charge in [-0.2, -0.15) is 5.10 Å².